The zero-order chi connectivity index (χ0) is 20.9. The van der Waals surface area contributed by atoms with Gasteiger partial charge in [0.05, 0.1) is 14.2 Å². The SMILES string of the molecule is COc1ccc(CN2CCC[C@H](N3CCN(c4cccc(Cl)c4)CC3)C2)cc1OC. The number of hydrogen-bond acceptors (Lipinski definition) is 5. The molecule has 2 heterocycles. The molecule has 0 saturated carbocycles. The molecule has 0 amide bonds. The number of benzene rings is 2. The van der Waals surface area contributed by atoms with E-state index in [-0.39, 0.29) is 0 Å². The van der Waals surface area contributed by atoms with E-state index in [1.165, 1.54) is 24.1 Å². The van der Waals surface area contributed by atoms with Gasteiger partial charge in [0, 0.05) is 56.0 Å². The maximum Gasteiger partial charge on any atom is 0.161 e. The van der Waals surface area contributed by atoms with E-state index in [2.05, 4.69) is 39.0 Å². The van der Waals surface area contributed by atoms with Crippen LogP contribution in [0.4, 0.5) is 5.69 Å². The summed E-state index contributed by atoms with van der Waals surface area (Å²) in [5.41, 5.74) is 2.51. The Bertz CT molecular complexity index is 839. The molecule has 162 valence electrons. The summed E-state index contributed by atoms with van der Waals surface area (Å²) in [6.07, 6.45) is 2.55. The Morgan fingerprint density at radius 2 is 1.73 bits per heavy atom. The zero-order valence-corrected chi connectivity index (χ0v) is 18.8. The molecule has 2 aliphatic heterocycles. The highest BCUT2D eigenvalue weighted by Crippen LogP contribution is 2.29. The fourth-order valence-electron chi connectivity index (χ4n) is 4.73. The van der Waals surface area contributed by atoms with Crippen molar-refractivity contribution >= 4 is 17.3 Å². The van der Waals surface area contributed by atoms with E-state index in [4.69, 9.17) is 21.1 Å². The van der Waals surface area contributed by atoms with Crippen molar-refractivity contribution in [3.63, 3.8) is 0 Å². The molecule has 2 aromatic rings. The average Bonchev–Trinajstić information content (AvgIpc) is 2.79. The van der Waals surface area contributed by atoms with E-state index < -0.39 is 0 Å². The molecule has 0 bridgehead atoms. The molecule has 0 radical (unpaired) electrons. The molecular formula is C24H32ClN3O2. The minimum atomic E-state index is 0.639. The molecule has 30 heavy (non-hydrogen) atoms. The lowest BCUT2D eigenvalue weighted by Gasteiger charge is -2.44. The second-order valence-corrected chi connectivity index (χ2v) is 8.66. The number of piperidine rings is 1. The summed E-state index contributed by atoms with van der Waals surface area (Å²) in [7, 11) is 3.38. The number of ether oxygens (including phenoxy) is 2. The lowest BCUT2D eigenvalue weighted by Crippen LogP contribution is -2.55. The van der Waals surface area contributed by atoms with Crippen molar-refractivity contribution < 1.29 is 9.47 Å². The third-order valence-corrected chi connectivity index (χ3v) is 6.57. The van der Waals surface area contributed by atoms with Crippen molar-refractivity contribution in [1.29, 1.82) is 0 Å². The van der Waals surface area contributed by atoms with Gasteiger partial charge in [-0.15, -0.1) is 0 Å². The van der Waals surface area contributed by atoms with Gasteiger partial charge in [0.1, 0.15) is 0 Å². The minimum Gasteiger partial charge on any atom is -0.493 e. The summed E-state index contributed by atoms with van der Waals surface area (Å²) in [4.78, 5) is 7.72. The van der Waals surface area contributed by atoms with Crippen molar-refractivity contribution in [2.45, 2.75) is 25.4 Å². The molecule has 2 saturated heterocycles. The summed E-state index contributed by atoms with van der Waals surface area (Å²) in [6, 6.07) is 15.1. The summed E-state index contributed by atoms with van der Waals surface area (Å²) in [6.45, 7) is 7.60. The molecule has 2 aliphatic rings. The van der Waals surface area contributed by atoms with Gasteiger partial charge >= 0.3 is 0 Å². The summed E-state index contributed by atoms with van der Waals surface area (Å²) in [5.74, 6) is 1.59. The molecule has 0 spiro atoms. The molecule has 2 aromatic carbocycles. The lowest BCUT2D eigenvalue weighted by molar-refractivity contribution is 0.0887. The summed E-state index contributed by atoms with van der Waals surface area (Å²) in [5, 5.41) is 0.813. The Balaban J connectivity index is 1.32. The quantitative estimate of drug-likeness (QED) is 0.688. The van der Waals surface area contributed by atoms with Crippen LogP contribution in [0.5, 0.6) is 11.5 Å². The third-order valence-electron chi connectivity index (χ3n) is 6.34. The predicted octanol–water partition coefficient (Wildman–Crippen LogP) is 4.14. The number of likely N-dealkylation sites (tertiary alicyclic amines) is 1. The predicted molar refractivity (Wildman–Crippen MR) is 123 cm³/mol. The van der Waals surface area contributed by atoms with Gasteiger partial charge in [0.2, 0.25) is 0 Å². The van der Waals surface area contributed by atoms with Crippen molar-refractivity contribution in [2.75, 3.05) is 58.4 Å². The third kappa shape index (κ3) is 5.02. The van der Waals surface area contributed by atoms with Gasteiger partial charge in [0.25, 0.3) is 0 Å². The highest BCUT2D eigenvalue weighted by atomic mass is 35.5. The first-order chi connectivity index (χ1) is 14.7. The number of methoxy groups -OCH3 is 2. The van der Waals surface area contributed by atoms with Gasteiger partial charge in [0.15, 0.2) is 11.5 Å². The van der Waals surface area contributed by atoms with Crippen LogP contribution in [0.2, 0.25) is 5.02 Å². The van der Waals surface area contributed by atoms with Gasteiger partial charge in [-0.25, -0.2) is 0 Å². The van der Waals surface area contributed by atoms with Gasteiger partial charge in [-0.2, -0.15) is 0 Å². The maximum atomic E-state index is 6.18. The second kappa shape index (κ2) is 9.90. The highest BCUT2D eigenvalue weighted by Gasteiger charge is 2.28. The van der Waals surface area contributed by atoms with Gasteiger partial charge in [-0.1, -0.05) is 23.7 Å². The number of anilines is 1. The molecule has 2 fully saturated rings. The molecule has 0 aromatic heterocycles. The number of rotatable bonds is 6. The standard InChI is InChI=1S/C24H32ClN3O2/c1-29-23-9-8-19(15-24(23)30-2)17-26-10-4-7-22(18-26)28-13-11-27(12-14-28)21-6-3-5-20(25)16-21/h3,5-6,8-9,15-16,22H,4,7,10-14,17-18H2,1-2H3/t22-/m0/s1. The van der Waals surface area contributed by atoms with Crippen LogP contribution in [0.25, 0.3) is 0 Å². The molecular weight excluding hydrogens is 398 g/mol. The maximum absolute atomic E-state index is 6.18. The molecule has 0 aliphatic carbocycles. The normalized spacial score (nSPS) is 20.9. The molecule has 1 atom stereocenters. The van der Waals surface area contributed by atoms with E-state index in [0.29, 0.717) is 6.04 Å². The van der Waals surface area contributed by atoms with E-state index in [0.717, 1.165) is 62.3 Å². The monoisotopic (exact) mass is 429 g/mol. The number of halogens is 1. The van der Waals surface area contributed by atoms with Crippen molar-refractivity contribution in [2.24, 2.45) is 0 Å². The van der Waals surface area contributed by atoms with Gasteiger partial charge in [-0.3, -0.25) is 9.80 Å². The van der Waals surface area contributed by atoms with Crippen LogP contribution in [-0.2, 0) is 6.54 Å². The largest absolute Gasteiger partial charge is 0.493 e. The Labute approximate surface area is 185 Å². The van der Waals surface area contributed by atoms with Crippen LogP contribution in [0.1, 0.15) is 18.4 Å². The Morgan fingerprint density at radius 1 is 0.933 bits per heavy atom. The van der Waals surface area contributed by atoms with Crippen LogP contribution in [0.3, 0.4) is 0 Å². The zero-order valence-electron chi connectivity index (χ0n) is 18.0. The van der Waals surface area contributed by atoms with Gasteiger partial charge < -0.3 is 14.4 Å². The van der Waals surface area contributed by atoms with Gasteiger partial charge in [-0.05, 0) is 55.3 Å². The van der Waals surface area contributed by atoms with Crippen LogP contribution in [0.15, 0.2) is 42.5 Å². The average molecular weight is 430 g/mol. The first-order valence-corrected chi connectivity index (χ1v) is 11.2. The second-order valence-electron chi connectivity index (χ2n) is 8.22. The van der Waals surface area contributed by atoms with Crippen LogP contribution < -0.4 is 14.4 Å². The molecule has 5 nitrogen and oxygen atoms in total. The molecule has 0 unspecified atom stereocenters. The fourth-order valence-corrected chi connectivity index (χ4v) is 4.91. The fraction of sp³-hybridized carbons (Fsp3) is 0.500. The summed E-state index contributed by atoms with van der Waals surface area (Å²) < 4.78 is 10.8. The summed E-state index contributed by atoms with van der Waals surface area (Å²) >= 11 is 6.18. The van der Waals surface area contributed by atoms with Crippen molar-refractivity contribution in [3.05, 3.63) is 53.1 Å². The van der Waals surface area contributed by atoms with Crippen LogP contribution in [0, 0.1) is 0 Å². The molecule has 0 N–H and O–H groups in total. The Hall–Kier alpha value is -1.95. The topological polar surface area (TPSA) is 28.2 Å². The minimum absolute atomic E-state index is 0.639. The van der Waals surface area contributed by atoms with E-state index in [1.54, 1.807) is 14.2 Å². The first kappa shape index (κ1) is 21.3. The Morgan fingerprint density at radius 3 is 2.47 bits per heavy atom. The molecule has 6 heteroatoms. The highest BCUT2D eigenvalue weighted by molar-refractivity contribution is 6.30. The van der Waals surface area contributed by atoms with E-state index >= 15 is 0 Å². The van der Waals surface area contributed by atoms with Crippen molar-refractivity contribution in [1.82, 2.24) is 9.80 Å². The number of nitrogens with zero attached hydrogens (tertiary/aromatic N) is 3. The van der Waals surface area contributed by atoms with E-state index in [1.807, 2.05) is 18.2 Å². The number of piperazine rings is 1. The lowest BCUT2D eigenvalue weighted by atomic mass is 10.0. The molecule has 4 rings (SSSR count). The Kier molecular flexibility index (Phi) is 7.03. The van der Waals surface area contributed by atoms with Crippen molar-refractivity contribution in [3.8, 4) is 11.5 Å². The van der Waals surface area contributed by atoms with E-state index in [9.17, 15) is 0 Å². The van der Waals surface area contributed by atoms with Crippen LogP contribution >= 0.6 is 11.6 Å². The van der Waals surface area contributed by atoms with Crippen LogP contribution in [-0.4, -0.2) is 69.3 Å². The number of hydrogen-bond donors (Lipinski definition) is 0. The first-order valence-electron chi connectivity index (χ1n) is 10.8. The smallest absolute Gasteiger partial charge is 0.161 e.